The number of aliphatic carboxylic acids is 2. The van der Waals surface area contributed by atoms with Gasteiger partial charge in [-0.15, -0.1) is 0 Å². The van der Waals surface area contributed by atoms with Crippen molar-refractivity contribution in [2.75, 3.05) is 13.1 Å². The summed E-state index contributed by atoms with van der Waals surface area (Å²) in [5.41, 5.74) is 12.3. The number of carbonyl (C=O) groups is 7. The number of rotatable bonds is 22. The summed E-state index contributed by atoms with van der Waals surface area (Å²) in [6.45, 7) is 11.8. The number of carboxylic acids is 2. The fraction of sp³-hybridized carbons (Fsp3) is 0.675. The molecule has 5 amide bonds. The van der Waals surface area contributed by atoms with Crippen LogP contribution < -0.4 is 32.7 Å². The summed E-state index contributed by atoms with van der Waals surface area (Å²) in [7, 11) is 0. The Morgan fingerprint density at radius 1 is 0.817 bits per heavy atom. The van der Waals surface area contributed by atoms with Gasteiger partial charge in [0.15, 0.2) is 0 Å². The molecule has 11 N–H and O–H groups in total. The average molecular weight is 860 g/mol. The standard InChI is InChI=1S/C38H63N7O8.C2HF3O2/c1-7-23(5)31(36(50)42-29(38(52)53)20-22(3)4)43-34(48)28(21-25-14-16-26(46)17-15-25)41-35(49)30-13-11-19-45(30)37(51)32(24(6)8-2)44-33(47)27(40)12-9-10-18-39;3-2(4,5)1(6)7/h14-17,22-24,27-32,46H,7-13,18-21,39-40H2,1-6H3,(H,41,49)(H,42,50)(H,43,48)(H,44,47)(H,52,53);(H,6,7)/t23-,24-,27-,28-,29-,30-,31-,32-;/m0./s1. The van der Waals surface area contributed by atoms with Gasteiger partial charge in [0.2, 0.25) is 29.5 Å². The number of phenols is 1. The summed E-state index contributed by atoms with van der Waals surface area (Å²) in [4.78, 5) is 90.8. The SMILES string of the molecule is CC[C@H](C)[C@H](NC(=O)[C@H](Cc1ccc(O)cc1)NC(=O)[C@@H]1CCCN1C(=O)[C@@H](NC(=O)[C@@H](N)CCCCN)[C@@H](C)CC)C(=O)N[C@@H](CC(C)C)C(=O)O.O=C(O)C(F)(F)F. The summed E-state index contributed by atoms with van der Waals surface area (Å²) >= 11 is 0. The van der Waals surface area contributed by atoms with E-state index in [2.05, 4.69) is 21.3 Å². The van der Waals surface area contributed by atoms with Crippen LogP contribution >= 0.6 is 0 Å². The van der Waals surface area contributed by atoms with Gasteiger partial charge in [-0.05, 0) is 74.1 Å². The number of halogens is 3. The number of hydrogen-bond acceptors (Lipinski definition) is 10. The first kappa shape index (κ1) is 53.0. The lowest BCUT2D eigenvalue weighted by atomic mass is 9.96. The molecule has 1 aliphatic rings. The molecule has 17 nitrogen and oxygen atoms in total. The van der Waals surface area contributed by atoms with Crippen molar-refractivity contribution in [1.82, 2.24) is 26.2 Å². The Kier molecular flexibility index (Phi) is 22.6. The lowest BCUT2D eigenvalue weighted by molar-refractivity contribution is -0.192. The summed E-state index contributed by atoms with van der Waals surface area (Å²) in [5.74, 6) is -7.36. The van der Waals surface area contributed by atoms with Gasteiger partial charge in [0.05, 0.1) is 6.04 Å². The van der Waals surface area contributed by atoms with E-state index in [1.165, 1.54) is 17.0 Å². The molecule has 2 rings (SSSR count). The van der Waals surface area contributed by atoms with E-state index in [0.29, 0.717) is 50.6 Å². The number of alkyl halides is 3. The van der Waals surface area contributed by atoms with E-state index in [1.807, 2.05) is 34.6 Å². The highest BCUT2D eigenvalue weighted by Crippen LogP contribution is 2.23. The molecule has 0 spiro atoms. The number of phenolic OH excluding ortho intramolecular Hbond substituents is 1. The van der Waals surface area contributed by atoms with Crippen molar-refractivity contribution in [3.8, 4) is 5.75 Å². The number of carboxylic acid groups (broad SMARTS) is 2. The van der Waals surface area contributed by atoms with E-state index in [4.69, 9.17) is 21.4 Å². The topological polar surface area (TPSA) is 284 Å². The Morgan fingerprint density at radius 3 is 1.87 bits per heavy atom. The summed E-state index contributed by atoms with van der Waals surface area (Å²) in [6, 6.07) is -0.00774. The minimum atomic E-state index is -5.08. The number of aromatic hydroxyl groups is 1. The molecule has 1 saturated heterocycles. The second kappa shape index (κ2) is 25.6. The molecular formula is C40H64F3N7O10. The minimum absolute atomic E-state index is 0.00788. The predicted octanol–water partition coefficient (Wildman–Crippen LogP) is 2.18. The smallest absolute Gasteiger partial charge is 0.490 e. The van der Waals surface area contributed by atoms with Gasteiger partial charge >= 0.3 is 18.1 Å². The normalized spacial score (nSPS) is 17.4. The van der Waals surface area contributed by atoms with Crippen LogP contribution in [0.5, 0.6) is 5.75 Å². The Balaban J connectivity index is 0.00000235. The summed E-state index contributed by atoms with van der Waals surface area (Å²) in [6.07, 6.45) is -1.17. The van der Waals surface area contributed by atoms with Crippen molar-refractivity contribution in [2.24, 2.45) is 29.2 Å². The number of benzene rings is 1. The van der Waals surface area contributed by atoms with Gasteiger partial charge in [-0.2, -0.15) is 13.2 Å². The minimum Gasteiger partial charge on any atom is -0.508 e. The maximum absolute atomic E-state index is 14.0. The molecule has 0 aliphatic carbocycles. The third-order valence-electron chi connectivity index (χ3n) is 10.3. The molecule has 0 unspecified atom stereocenters. The molecule has 0 bridgehead atoms. The van der Waals surface area contributed by atoms with Crippen LogP contribution in [0.2, 0.25) is 0 Å². The zero-order chi connectivity index (χ0) is 45.9. The average Bonchev–Trinajstić information content (AvgIpc) is 3.68. The molecule has 8 atom stereocenters. The summed E-state index contributed by atoms with van der Waals surface area (Å²) < 4.78 is 31.7. The zero-order valence-electron chi connectivity index (χ0n) is 35.2. The van der Waals surface area contributed by atoms with Crippen LogP contribution in [0.15, 0.2) is 24.3 Å². The Morgan fingerprint density at radius 2 is 1.37 bits per heavy atom. The number of amides is 5. The molecule has 0 aromatic heterocycles. The van der Waals surface area contributed by atoms with Crippen molar-refractivity contribution in [1.29, 1.82) is 0 Å². The third kappa shape index (κ3) is 17.7. The van der Waals surface area contributed by atoms with E-state index in [-0.39, 0.29) is 42.9 Å². The Hall–Kier alpha value is -4.98. The maximum Gasteiger partial charge on any atom is 0.490 e. The van der Waals surface area contributed by atoms with E-state index in [1.54, 1.807) is 19.1 Å². The first-order chi connectivity index (χ1) is 28.0. The first-order valence-electron chi connectivity index (χ1n) is 20.3. The fourth-order valence-electron chi connectivity index (χ4n) is 6.32. The third-order valence-corrected chi connectivity index (χ3v) is 10.3. The van der Waals surface area contributed by atoms with E-state index < -0.39 is 83.9 Å². The highest BCUT2D eigenvalue weighted by atomic mass is 19.4. The number of carbonyl (C=O) groups excluding carboxylic acids is 5. The zero-order valence-corrected chi connectivity index (χ0v) is 35.2. The lowest BCUT2D eigenvalue weighted by Crippen LogP contribution is -2.60. The molecular weight excluding hydrogens is 795 g/mol. The highest BCUT2D eigenvalue weighted by Gasteiger charge is 2.41. The quantitative estimate of drug-likeness (QED) is 0.0759. The molecule has 60 heavy (non-hydrogen) atoms. The fourth-order valence-corrected chi connectivity index (χ4v) is 6.32. The highest BCUT2D eigenvalue weighted by molar-refractivity contribution is 5.97. The molecule has 1 aliphatic heterocycles. The van der Waals surface area contributed by atoms with Gasteiger partial charge in [-0.1, -0.05) is 72.9 Å². The molecule has 20 heteroatoms. The molecule has 340 valence electrons. The van der Waals surface area contributed by atoms with Gasteiger partial charge in [0.1, 0.15) is 36.0 Å². The number of nitrogens with one attached hydrogen (secondary N) is 4. The monoisotopic (exact) mass is 859 g/mol. The number of nitrogens with zero attached hydrogens (tertiary/aromatic N) is 1. The van der Waals surface area contributed by atoms with Crippen LogP contribution in [-0.2, 0) is 40.0 Å². The number of nitrogens with two attached hydrogens (primary N) is 2. The molecule has 1 heterocycles. The lowest BCUT2D eigenvalue weighted by Gasteiger charge is -2.33. The molecule has 1 aromatic carbocycles. The van der Waals surface area contributed by atoms with E-state index >= 15 is 0 Å². The number of hydrogen-bond donors (Lipinski definition) is 9. The molecule has 0 saturated carbocycles. The van der Waals surface area contributed by atoms with Gasteiger partial charge in [0, 0.05) is 13.0 Å². The van der Waals surface area contributed by atoms with Crippen LogP contribution in [0, 0.1) is 17.8 Å². The van der Waals surface area contributed by atoms with Gasteiger partial charge < -0.3 is 53.0 Å². The van der Waals surface area contributed by atoms with Crippen LogP contribution in [0.1, 0.15) is 98.5 Å². The molecule has 1 fully saturated rings. The van der Waals surface area contributed by atoms with Gasteiger partial charge in [0.25, 0.3) is 0 Å². The van der Waals surface area contributed by atoms with Crippen LogP contribution in [0.4, 0.5) is 13.2 Å². The van der Waals surface area contributed by atoms with Gasteiger partial charge in [-0.25, -0.2) is 9.59 Å². The second-order valence-electron chi connectivity index (χ2n) is 15.6. The predicted molar refractivity (Wildman–Crippen MR) is 215 cm³/mol. The van der Waals surface area contributed by atoms with Gasteiger partial charge in [-0.3, -0.25) is 24.0 Å². The largest absolute Gasteiger partial charge is 0.508 e. The van der Waals surface area contributed by atoms with Crippen LogP contribution in [0.3, 0.4) is 0 Å². The number of likely N-dealkylation sites (tertiary alicyclic amines) is 1. The van der Waals surface area contributed by atoms with E-state index in [0.717, 1.165) is 6.42 Å². The Labute approximate surface area is 348 Å². The second-order valence-corrected chi connectivity index (χ2v) is 15.6. The Bertz CT molecular complexity index is 1580. The molecule has 1 aromatic rings. The molecule has 0 radical (unpaired) electrons. The van der Waals surface area contributed by atoms with Crippen molar-refractivity contribution in [3.63, 3.8) is 0 Å². The first-order valence-corrected chi connectivity index (χ1v) is 20.3. The van der Waals surface area contributed by atoms with Crippen molar-refractivity contribution >= 4 is 41.5 Å². The van der Waals surface area contributed by atoms with Crippen molar-refractivity contribution in [3.05, 3.63) is 29.8 Å². The van der Waals surface area contributed by atoms with Crippen molar-refractivity contribution in [2.45, 2.75) is 142 Å². The van der Waals surface area contributed by atoms with E-state index in [9.17, 15) is 52.2 Å². The summed E-state index contributed by atoms with van der Waals surface area (Å²) in [5, 5.41) is 37.7. The van der Waals surface area contributed by atoms with Crippen LogP contribution in [-0.4, -0.2) is 117 Å². The van der Waals surface area contributed by atoms with Crippen LogP contribution in [0.25, 0.3) is 0 Å². The number of unbranched alkanes of at least 4 members (excludes halogenated alkanes) is 1. The maximum atomic E-state index is 14.0. The van der Waals surface area contributed by atoms with Crippen molar-refractivity contribution < 1.29 is 62.1 Å².